The van der Waals surface area contributed by atoms with E-state index >= 15 is 0 Å². The molecule has 0 aliphatic heterocycles. The Bertz CT molecular complexity index is 1060. The predicted octanol–water partition coefficient (Wildman–Crippen LogP) is 5.71. The molecule has 0 saturated heterocycles. The predicted molar refractivity (Wildman–Crippen MR) is 117 cm³/mol. The molecule has 0 unspecified atom stereocenters. The third kappa shape index (κ3) is 4.88. The Labute approximate surface area is 171 Å². The molecule has 0 aliphatic rings. The summed E-state index contributed by atoms with van der Waals surface area (Å²) in [5.74, 6) is -0.0108. The molecule has 148 valence electrons. The van der Waals surface area contributed by atoms with E-state index in [-0.39, 0.29) is 11.7 Å². The van der Waals surface area contributed by atoms with Crippen LogP contribution in [0.15, 0.2) is 60.8 Å². The molecule has 29 heavy (non-hydrogen) atoms. The number of aromatic nitrogens is 1. The fourth-order valence-corrected chi connectivity index (χ4v) is 3.13. The molecule has 1 heterocycles. The molecule has 5 nitrogen and oxygen atoms in total. The third-order valence-electron chi connectivity index (χ3n) is 4.72. The molecular formula is C24H25N3O2. The maximum Gasteiger partial charge on any atom is 0.274 e. The molecule has 0 aliphatic carbocycles. The van der Waals surface area contributed by atoms with Crippen molar-refractivity contribution in [1.82, 2.24) is 4.98 Å². The minimum atomic E-state index is -0.330. The van der Waals surface area contributed by atoms with Crippen molar-refractivity contribution in [3.63, 3.8) is 0 Å². The van der Waals surface area contributed by atoms with Crippen LogP contribution in [0.4, 0.5) is 17.1 Å². The van der Waals surface area contributed by atoms with Gasteiger partial charge in [0.2, 0.25) is 0 Å². The molecule has 2 N–H and O–H groups in total. The molecule has 3 rings (SSSR count). The number of aryl methyl sites for hydroxylation is 1. The zero-order valence-corrected chi connectivity index (χ0v) is 17.1. The number of hydrogen-bond acceptors (Lipinski definition) is 4. The van der Waals surface area contributed by atoms with Crippen LogP contribution < -0.4 is 10.6 Å². The number of nitrogens with zero attached hydrogens (tertiary/aromatic N) is 1. The molecule has 0 bridgehead atoms. The van der Waals surface area contributed by atoms with Gasteiger partial charge in [0.1, 0.15) is 5.69 Å². The molecule has 0 fully saturated rings. The third-order valence-corrected chi connectivity index (χ3v) is 4.72. The summed E-state index contributed by atoms with van der Waals surface area (Å²) in [6, 6.07) is 16.6. The van der Waals surface area contributed by atoms with Gasteiger partial charge >= 0.3 is 0 Å². The lowest BCUT2D eigenvalue weighted by Gasteiger charge is -2.17. The van der Waals surface area contributed by atoms with Crippen LogP contribution >= 0.6 is 0 Å². The van der Waals surface area contributed by atoms with Crippen molar-refractivity contribution in [2.75, 3.05) is 10.6 Å². The van der Waals surface area contributed by atoms with Crippen molar-refractivity contribution in [3.8, 4) is 0 Å². The second kappa shape index (κ2) is 8.69. The van der Waals surface area contributed by atoms with Gasteiger partial charge in [0, 0.05) is 28.8 Å². The van der Waals surface area contributed by atoms with Gasteiger partial charge in [-0.15, -0.1) is 0 Å². The van der Waals surface area contributed by atoms with E-state index in [9.17, 15) is 9.59 Å². The van der Waals surface area contributed by atoms with Gasteiger partial charge in [-0.05, 0) is 55.2 Å². The van der Waals surface area contributed by atoms with Gasteiger partial charge in [-0.25, -0.2) is 0 Å². The maximum absolute atomic E-state index is 12.7. The minimum Gasteiger partial charge on any atom is -0.355 e. The van der Waals surface area contributed by atoms with Crippen LogP contribution in [0.3, 0.4) is 0 Å². The summed E-state index contributed by atoms with van der Waals surface area (Å²) < 4.78 is 0. The van der Waals surface area contributed by atoms with Gasteiger partial charge in [-0.3, -0.25) is 14.6 Å². The summed E-state index contributed by atoms with van der Waals surface area (Å²) >= 11 is 0. The first-order chi connectivity index (χ1) is 13.8. The van der Waals surface area contributed by atoms with E-state index in [1.807, 2.05) is 6.07 Å². The topological polar surface area (TPSA) is 71.1 Å². The second-order valence-electron chi connectivity index (χ2n) is 7.34. The van der Waals surface area contributed by atoms with E-state index in [2.05, 4.69) is 54.6 Å². The van der Waals surface area contributed by atoms with Crippen molar-refractivity contribution >= 4 is 28.8 Å². The van der Waals surface area contributed by atoms with E-state index in [4.69, 9.17) is 0 Å². The van der Waals surface area contributed by atoms with E-state index in [0.717, 1.165) is 16.9 Å². The number of carbonyl (C=O) groups is 2. The Balaban J connectivity index is 1.82. The van der Waals surface area contributed by atoms with Gasteiger partial charge in [-0.1, -0.05) is 44.2 Å². The van der Waals surface area contributed by atoms with Crippen molar-refractivity contribution in [2.24, 2.45) is 0 Å². The number of para-hydroxylation sites is 1. The van der Waals surface area contributed by atoms with Crippen LogP contribution in [-0.2, 0) is 0 Å². The van der Waals surface area contributed by atoms with Gasteiger partial charge in [0.15, 0.2) is 5.78 Å². The second-order valence-corrected chi connectivity index (χ2v) is 7.34. The number of carbonyl (C=O) groups excluding carboxylic acids is 2. The largest absolute Gasteiger partial charge is 0.355 e. The van der Waals surface area contributed by atoms with Crippen LogP contribution in [0.2, 0.25) is 0 Å². The van der Waals surface area contributed by atoms with Crippen molar-refractivity contribution < 1.29 is 9.59 Å². The standard InChI is InChI=1S/C24H25N3O2/c1-15(2)21-10-5-7-16(3)23(21)26-20-11-12-25-22(14-20)24(29)27-19-9-6-8-18(13-19)17(4)28/h5-15H,1-4H3,(H,25,26)(H,27,29). The van der Waals surface area contributed by atoms with Crippen LogP contribution in [0, 0.1) is 6.92 Å². The number of amides is 1. The van der Waals surface area contributed by atoms with Crippen molar-refractivity contribution in [3.05, 3.63) is 83.2 Å². The Hall–Kier alpha value is -3.47. The lowest BCUT2D eigenvalue weighted by molar-refractivity contribution is 0.100. The number of anilines is 3. The summed E-state index contributed by atoms with van der Waals surface area (Å²) in [7, 11) is 0. The molecule has 0 radical (unpaired) electrons. The van der Waals surface area contributed by atoms with E-state index in [0.29, 0.717) is 22.9 Å². The van der Waals surface area contributed by atoms with Gasteiger partial charge < -0.3 is 10.6 Å². The average Bonchev–Trinajstić information content (AvgIpc) is 2.69. The number of benzene rings is 2. The zero-order valence-electron chi connectivity index (χ0n) is 17.1. The molecule has 1 amide bonds. The van der Waals surface area contributed by atoms with Crippen LogP contribution in [0.5, 0.6) is 0 Å². The summed E-state index contributed by atoms with van der Waals surface area (Å²) in [5, 5.41) is 6.24. The van der Waals surface area contributed by atoms with Gasteiger partial charge in [-0.2, -0.15) is 0 Å². The van der Waals surface area contributed by atoms with Crippen molar-refractivity contribution in [2.45, 2.75) is 33.6 Å². The Morgan fingerprint density at radius 2 is 1.72 bits per heavy atom. The monoisotopic (exact) mass is 387 g/mol. The summed E-state index contributed by atoms with van der Waals surface area (Å²) in [5.41, 5.74) is 5.60. The molecule has 2 aromatic carbocycles. The number of Topliss-reactive ketones (excluding diaryl/α,β-unsaturated/α-hetero) is 1. The molecule has 0 atom stereocenters. The normalized spacial score (nSPS) is 10.7. The molecule has 5 heteroatoms. The fraction of sp³-hybridized carbons (Fsp3) is 0.208. The summed E-state index contributed by atoms with van der Waals surface area (Å²) in [4.78, 5) is 28.4. The van der Waals surface area contributed by atoms with E-state index < -0.39 is 0 Å². The summed E-state index contributed by atoms with van der Waals surface area (Å²) in [6.07, 6.45) is 1.61. The first-order valence-electron chi connectivity index (χ1n) is 9.60. The fourth-order valence-electron chi connectivity index (χ4n) is 3.13. The van der Waals surface area contributed by atoms with Gasteiger partial charge in [0.25, 0.3) is 5.91 Å². The highest BCUT2D eigenvalue weighted by molar-refractivity contribution is 6.04. The molecule has 1 aromatic heterocycles. The average molecular weight is 387 g/mol. The molecular weight excluding hydrogens is 362 g/mol. The molecule has 0 spiro atoms. The van der Waals surface area contributed by atoms with Crippen LogP contribution in [0.1, 0.15) is 58.7 Å². The quantitative estimate of drug-likeness (QED) is 0.531. The SMILES string of the molecule is CC(=O)c1cccc(NC(=O)c2cc(Nc3c(C)cccc3C(C)C)ccn2)c1. The Morgan fingerprint density at radius 1 is 0.966 bits per heavy atom. The number of nitrogens with one attached hydrogen (secondary N) is 2. The van der Waals surface area contributed by atoms with Crippen molar-refractivity contribution in [1.29, 1.82) is 0 Å². The first-order valence-corrected chi connectivity index (χ1v) is 9.60. The highest BCUT2D eigenvalue weighted by Gasteiger charge is 2.12. The van der Waals surface area contributed by atoms with Crippen LogP contribution in [-0.4, -0.2) is 16.7 Å². The van der Waals surface area contributed by atoms with Crippen LogP contribution in [0.25, 0.3) is 0 Å². The van der Waals surface area contributed by atoms with E-state index in [1.165, 1.54) is 12.5 Å². The summed E-state index contributed by atoms with van der Waals surface area (Å²) in [6.45, 7) is 7.86. The number of rotatable bonds is 6. The number of pyridine rings is 1. The lowest BCUT2D eigenvalue weighted by atomic mass is 9.98. The molecule has 3 aromatic rings. The number of hydrogen-bond donors (Lipinski definition) is 2. The van der Waals surface area contributed by atoms with Gasteiger partial charge in [0.05, 0.1) is 0 Å². The lowest BCUT2D eigenvalue weighted by Crippen LogP contribution is -2.14. The zero-order chi connectivity index (χ0) is 21.0. The highest BCUT2D eigenvalue weighted by Crippen LogP contribution is 2.30. The highest BCUT2D eigenvalue weighted by atomic mass is 16.2. The first kappa shape index (κ1) is 20.3. The smallest absolute Gasteiger partial charge is 0.274 e. The minimum absolute atomic E-state index is 0.0513. The number of ketones is 1. The van der Waals surface area contributed by atoms with E-state index in [1.54, 1.807) is 36.5 Å². The molecule has 0 saturated carbocycles. The Kier molecular flexibility index (Phi) is 6.07. The maximum atomic E-state index is 12.7. The Morgan fingerprint density at radius 3 is 2.45 bits per heavy atom.